The van der Waals surface area contributed by atoms with Gasteiger partial charge in [-0.1, -0.05) is 6.92 Å². The number of amides is 3. The van der Waals surface area contributed by atoms with Crippen molar-refractivity contribution in [1.82, 2.24) is 20.4 Å². The number of likely N-dealkylation sites (tertiary alicyclic amines) is 1. The lowest BCUT2D eigenvalue weighted by atomic mass is 9.81. The third kappa shape index (κ3) is 6.55. The number of morpholine rings is 1. The molecule has 31 heavy (non-hydrogen) atoms. The number of ether oxygens (including phenoxy) is 2. The van der Waals surface area contributed by atoms with Crippen molar-refractivity contribution in [3.63, 3.8) is 0 Å². The normalized spacial score (nSPS) is 28.7. The zero-order valence-corrected chi connectivity index (χ0v) is 19.3. The van der Waals surface area contributed by atoms with Gasteiger partial charge in [0.25, 0.3) is 5.91 Å². The molecule has 0 spiro atoms. The maximum absolute atomic E-state index is 12.9. The van der Waals surface area contributed by atoms with Gasteiger partial charge in [0.05, 0.1) is 12.6 Å². The van der Waals surface area contributed by atoms with Gasteiger partial charge in [-0.15, -0.1) is 0 Å². The molecule has 0 aromatic heterocycles. The minimum Gasteiger partial charge on any atom is -0.444 e. The molecule has 0 bridgehead atoms. The van der Waals surface area contributed by atoms with Gasteiger partial charge in [-0.25, -0.2) is 4.79 Å². The average Bonchev–Trinajstić information content (AvgIpc) is 2.74. The maximum atomic E-state index is 12.9. The van der Waals surface area contributed by atoms with E-state index in [-0.39, 0.29) is 35.9 Å². The number of nitrogens with zero attached hydrogens (tertiary/aromatic N) is 2. The lowest BCUT2D eigenvalue weighted by Gasteiger charge is -2.42. The van der Waals surface area contributed by atoms with Gasteiger partial charge >= 0.3 is 6.09 Å². The maximum Gasteiger partial charge on any atom is 0.410 e. The van der Waals surface area contributed by atoms with Crippen molar-refractivity contribution >= 4 is 17.9 Å². The fourth-order valence-corrected chi connectivity index (χ4v) is 4.62. The second-order valence-electron chi connectivity index (χ2n) is 9.80. The van der Waals surface area contributed by atoms with Crippen molar-refractivity contribution in [1.29, 1.82) is 0 Å². The molecule has 2 N–H and O–H groups in total. The van der Waals surface area contributed by atoms with E-state index in [1.54, 1.807) is 4.90 Å². The first-order chi connectivity index (χ1) is 14.7. The number of carbonyl (C=O) groups is 3. The Balaban J connectivity index is 1.56. The predicted octanol–water partition coefficient (Wildman–Crippen LogP) is 1.12. The molecular weight excluding hydrogens is 400 g/mol. The highest BCUT2D eigenvalue weighted by atomic mass is 16.6. The minimum atomic E-state index is -0.519. The van der Waals surface area contributed by atoms with Crippen LogP contribution in [0.2, 0.25) is 0 Å². The van der Waals surface area contributed by atoms with E-state index in [2.05, 4.69) is 22.5 Å². The Kier molecular flexibility index (Phi) is 7.80. The Morgan fingerprint density at radius 2 is 1.90 bits per heavy atom. The van der Waals surface area contributed by atoms with Crippen LogP contribution in [0.25, 0.3) is 0 Å². The number of hydrogen-bond donors (Lipinski definition) is 2. The molecule has 3 aliphatic rings. The molecule has 0 aliphatic carbocycles. The van der Waals surface area contributed by atoms with E-state index in [9.17, 15) is 14.4 Å². The third-order valence-corrected chi connectivity index (χ3v) is 6.36. The molecule has 0 unspecified atom stereocenters. The van der Waals surface area contributed by atoms with Crippen LogP contribution in [-0.2, 0) is 19.1 Å². The zero-order valence-electron chi connectivity index (χ0n) is 19.3. The molecule has 176 valence electrons. The molecule has 9 heteroatoms. The van der Waals surface area contributed by atoms with Crippen LogP contribution in [0.5, 0.6) is 0 Å². The number of likely N-dealkylation sites (N-methyl/N-ethyl adjacent to an activating group) is 1. The highest BCUT2D eigenvalue weighted by Crippen LogP contribution is 2.27. The number of nitrogens with one attached hydrogen (secondary N) is 2. The van der Waals surface area contributed by atoms with Gasteiger partial charge in [0.2, 0.25) is 5.91 Å². The first kappa shape index (κ1) is 23.8. The molecule has 0 aromatic carbocycles. The van der Waals surface area contributed by atoms with E-state index in [4.69, 9.17) is 9.47 Å². The molecule has 0 radical (unpaired) electrons. The number of hydrogen-bond acceptors (Lipinski definition) is 6. The summed E-state index contributed by atoms with van der Waals surface area (Å²) < 4.78 is 11.2. The van der Waals surface area contributed by atoms with Crippen molar-refractivity contribution in [2.75, 3.05) is 39.3 Å². The van der Waals surface area contributed by atoms with E-state index in [1.165, 1.54) is 0 Å². The summed E-state index contributed by atoms with van der Waals surface area (Å²) in [6, 6.07) is -0.249. The van der Waals surface area contributed by atoms with Gasteiger partial charge in [-0.05, 0) is 52.5 Å². The zero-order chi connectivity index (χ0) is 22.6. The van der Waals surface area contributed by atoms with E-state index in [0.717, 1.165) is 25.9 Å². The fraction of sp³-hybridized carbons (Fsp3) is 0.864. The van der Waals surface area contributed by atoms with Crippen molar-refractivity contribution in [2.45, 2.75) is 77.2 Å². The summed E-state index contributed by atoms with van der Waals surface area (Å²) in [5.41, 5.74) is -0.519. The van der Waals surface area contributed by atoms with Crippen molar-refractivity contribution in [3.8, 4) is 0 Å². The van der Waals surface area contributed by atoms with Crippen LogP contribution < -0.4 is 10.6 Å². The van der Waals surface area contributed by atoms with Crippen LogP contribution in [-0.4, -0.2) is 90.8 Å². The smallest absolute Gasteiger partial charge is 0.410 e. The van der Waals surface area contributed by atoms with Crippen molar-refractivity contribution < 1.29 is 23.9 Å². The van der Waals surface area contributed by atoms with Crippen LogP contribution >= 0.6 is 0 Å². The molecule has 3 saturated heterocycles. The first-order valence-electron chi connectivity index (χ1n) is 11.6. The summed E-state index contributed by atoms with van der Waals surface area (Å²) in [6.45, 7) is 11.7. The van der Waals surface area contributed by atoms with Crippen LogP contribution in [0.4, 0.5) is 4.79 Å². The second kappa shape index (κ2) is 10.2. The molecule has 0 saturated carbocycles. The van der Waals surface area contributed by atoms with Gasteiger partial charge in [-0.3, -0.25) is 14.5 Å². The molecule has 3 amide bonds. The monoisotopic (exact) mass is 438 g/mol. The summed E-state index contributed by atoms with van der Waals surface area (Å²) in [4.78, 5) is 41.3. The van der Waals surface area contributed by atoms with E-state index in [0.29, 0.717) is 39.1 Å². The van der Waals surface area contributed by atoms with Crippen LogP contribution in [0, 0.1) is 5.92 Å². The van der Waals surface area contributed by atoms with Crippen LogP contribution in [0.3, 0.4) is 0 Å². The Hall–Kier alpha value is -1.87. The average molecular weight is 439 g/mol. The highest BCUT2D eigenvalue weighted by molar-refractivity contribution is 5.82. The Morgan fingerprint density at radius 1 is 1.19 bits per heavy atom. The molecule has 3 atom stereocenters. The topological polar surface area (TPSA) is 100 Å². The molecule has 3 fully saturated rings. The van der Waals surface area contributed by atoms with Gasteiger partial charge in [0.15, 0.2) is 0 Å². The lowest BCUT2D eigenvalue weighted by molar-refractivity contribution is -0.140. The first-order valence-corrected chi connectivity index (χ1v) is 11.6. The van der Waals surface area contributed by atoms with Crippen molar-refractivity contribution in [2.24, 2.45) is 5.92 Å². The number of piperidine rings is 2. The Labute approximate surface area is 185 Å². The number of rotatable bonds is 4. The van der Waals surface area contributed by atoms with Crippen molar-refractivity contribution in [3.05, 3.63) is 0 Å². The summed E-state index contributed by atoms with van der Waals surface area (Å²) in [5, 5.41) is 6.26. The molecule has 0 aromatic rings. The third-order valence-electron chi connectivity index (χ3n) is 6.36. The summed E-state index contributed by atoms with van der Waals surface area (Å²) in [5.74, 6) is 0.124. The highest BCUT2D eigenvalue weighted by Gasteiger charge is 2.39. The van der Waals surface area contributed by atoms with Gasteiger partial charge in [0.1, 0.15) is 11.7 Å². The van der Waals surface area contributed by atoms with Crippen LogP contribution in [0.15, 0.2) is 0 Å². The van der Waals surface area contributed by atoms with E-state index >= 15 is 0 Å². The molecule has 9 nitrogen and oxygen atoms in total. The minimum absolute atomic E-state index is 0.0242. The molecular formula is C22H38N4O5. The van der Waals surface area contributed by atoms with Crippen LogP contribution in [0.1, 0.15) is 53.4 Å². The lowest BCUT2D eigenvalue weighted by Crippen LogP contribution is -2.62. The Morgan fingerprint density at radius 3 is 2.55 bits per heavy atom. The predicted molar refractivity (Wildman–Crippen MR) is 115 cm³/mol. The van der Waals surface area contributed by atoms with Gasteiger partial charge in [-0.2, -0.15) is 0 Å². The molecule has 3 heterocycles. The Bertz CT molecular complexity index is 657. The SMILES string of the molecule is CCN1CCO[C@H](C(=O)N[C@@H]2CCC(=O)N[C@H]2C2CCN(C(=O)OC(C)(C)C)CC2)C1. The number of carbonyl (C=O) groups excluding carboxylic acids is 3. The standard InChI is InChI=1S/C22H38N4O5/c1-5-25-12-13-30-17(14-25)20(28)23-16-6-7-18(27)24-19(16)15-8-10-26(11-9-15)21(29)31-22(2,3)4/h15-17,19H,5-14H2,1-4H3,(H,23,28)(H,24,27)/t16-,17+,19+/m1/s1. The summed E-state index contributed by atoms with van der Waals surface area (Å²) >= 11 is 0. The molecule has 3 aliphatic heterocycles. The van der Waals surface area contributed by atoms with E-state index < -0.39 is 11.7 Å². The second-order valence-corrected chi connectivity index (χ2v) is 9.80. The quantitative estimate of drug-likeness (QED) is 0.682. The molecule has 3 rings (SSSR count). The summed E-state index contributed by atoms with van der Waals surface area (Å²) in [7, 11) is 0. The van der Waals surface area contributed by atoms with Gasteiger partial charge < -0.3 is 25.0 Å². The largest absolute Gasteiger partial charge is 0.444 e. The fourth-order valence-electron chi connectivity index (χ4n) is 4.62. The van der Waals surface area contributed by atoms with Gasteiger partial charge in [0, 0.05) is 38.6 Å². The van der Waals surface area contributed by atoms with E-state index in [1.807, 2.05) is 20.8 Å². The summed E-state index contributed by atoms with van der Waals surface area (Å²) in [6.07, 6.45) is 1.79.